The zero-order chi connectivity index (χ0) is 11.5. The van der Waals surface area contributed by atoms with Crippen LogP contribution in [0.15, 0.2) is 18.2 Å². The number of aliphatic hydroxyl groups excluding tert-OH is 1. The Morgan fingerprint density at radius 1 is 1.50 bits per heavy atom. The number of aryl methyl sites for hydroxylation is 1. The molecule has 0 aliphatic carbocycles. The second-order valence-electron chi connectivity index (χ2n) is 3.47. The van der Waals surface area contributed by atoms with Crippen molar-refractivity contribution >= 4 is 38.8 Å². The maximum Gasteiger partial charge on any atom is 0.156 e. The summed E-state index contributed by atoms with van der Waals surface area (Å²) in [5.74, 6) is -0.237. The summed E-state index contributed by atoms with van der Waals surface area (Å²) in [6.07, 6.45) is 2.05. The Balaban J connectivity index is 2.10. The van der Waals surface area contributed by atoms with Crippen molar-refractivity contribution in [3.63, 3.8) is 0 Å². The summed E-state index contributed by atoms with van der Waals surface area (Å²) in [4.78, 5) is 4.38. The molecule has 2 rings (SSSR count). The van der Waals surface area contributed by atoms with Gasteiger partial charge in [0.1, 0.15) is 5.82 Å². The van der Waals surface area contributed by atoms with Crippen molar-refractivity contribution in [2.75, 3.05) is 0 Å². The normalized spacial score (nSPS) is 10.8. The smallest absolute Gasteiger partial charge is 0.156 e. The van der Waals surface area contributed by atoms with Crippen LogP contribution in [0.2, 0.25) is 0 Å². The number of rotatable bonds is 4. The number of hydrogen-bond donors (Lipinski definition) is 1. The average molecular weight is 255 g/mol. The molecule has 0 bridgehead atoms. The van der Waals surface area contributed by atoms with Gasteiger partial charge in [0.05, 0.1) is 15.2 Å². The van der Waals surface area contributed by atoms with Crippen molar-refractivity contribution in [2.24, 2.45) is 0 Å². The van der Waals surface area contributed by atoms with Gasteiger partial charge in [-0.1, -0.05) is 0 Å². The quantitative estimate of drug-likeness (QED) is 0.847. The van der Waals surface area contributed by atoms with E-state index >= 15 is 0 Å². The third-order valence-electron chi connectivity index (χ3n) is 2.18. The first-order valence-electron chi connectivity index (χ1n) is 4.92. The summed E-state index contributed by atoms with van der Waals surface area (Å²) < 4.78 is 13.8. The highest BCUT2D eigenvalue weighted by Crippen LogP contribution is 2.23. The van der Waals surface area contributed by atoms with Gasteiger partial charge in [-0.2, -0.15) is 0 Å². The summed E-state index contributed by atoms with van der Waals surface area (Å²) in [7, 11) is 0. The molecule has 0 atom stereocenters. The lowest BCUT2D eigenvalue weighted by atomic mass is 10.2. The Hall–Kier alpha value is -1.07. The van der Waals surface area contributed by atoms with E-state index in [1.165, 1.54) is 23.5 Å². The van der Waals surface area contributed by atoms with Crippen LogP contribution in [0.25, 0.3) is 10.2 Å². The van der Waals surface area contributed by atoms with Gasteiger partial charge in [0.15, 0.2) is 5.05 Å². The SMILES string of the molecule is OC(=S)CCCc1nc2ccc(F)cc2s1. The number of thiocarbonyl (C=S) groups is 1. The highest BCUT2D eigenvalue weighted by molar-refractivity contribution is 7.80. The van der Waals surface area contributed by atoms with Crippen LogP contribution in [0.3, 0.4) is 0 Å². The number of halogens is 1. The molecular weight excluding hydrogens is 245 g/mol. The number of fused-ring (bicyclic) bond motifs is 1. The molecule has 0 saturated heterocycles. The summed E-state index contributed by atoms with van der Waals surface area (Å²) in [5.41, 5.74) is 0.827. The minimum atomic E-state index is -0.237. The van der Waals surface area contributed by atoms with E-state index in [1.54, 1.807) is 6.07 Å². The zero-order valence-electron chi connectivity index (χ0n) is 8.44. The Morgan fingerprint density at radius 3 is 3.06 bits per heavy atom. The predicted molar refractivity (Wildman–Crippen MR) is 67.7 cm³/mol. The second kappa shape index (κ2) is 4.84. The maximum atomic E-state index is 12.9. The highest BCUT2D eigenvalue weighted by Gasteiger charge is 2.05. The van der Waals surface area contributed by atoms with Gasteiger partial charge < -0.3 is 5.11 Å². The fourth-order valence-corrected chi connectivity index (χ4v) is 2.62. The van der Waals surface area contributed by atoms with E-state index in [1.807, 2.05) is 0 Å². The van der Waals surface area contributed by atoms with Gasteiger partial charge in [-0.3, -0.25) is 0 Å². The first-order valence-corrected chi connectivity index (χ1v) is 6.14. The molecule has 2 nitrogen and oxygen atoms in total. The summed E-state index contributed by atoms with van der Waals surface area (Å²) in [6, 6.07) is 4.59. The fourth-order valence-electron chi connectivity index (χ4n) is 1.44. The van der Waals surface area contributed by atoms with Crippen molar-refractivity contribution < 1.29 is 9.50 Å². The summed E-state index contributed by atoms with van der Waals surface area (Å²) in [5, 5.41) is 9.86. The molecule has 16 heavy (non-hydrogen) atoms. The van der Waals surface area contributed by atoms with Gasteiger partial charge in [0.25, 0.3) is 0 Å². The Kier molecular flexibility index (Phi) is 3.46. The molecule has 1 aromatic heterocycles. The van der Waals surface area contributed by atoms with Crippen LogP contribution < -0.4 is 0 Å². The molecule has 1 aromatic carbocycles. The van der Waals surface area contributed by atoms with Gasteiger partial charge in [-0.25, -0.2) is 9.37 Å². The molecule has 84 valence electrons. The van der Waals surface area contributed by atoms with E-state index in [0.29, 0.717) is 6.42 Å². The van der Waals surface area contributed by atoms with E-state index in [9.17, 15) is 4.39 Å². The Bertz CT molecular complexity index is 524. The molecular formula is C11H10FNOS2. The number of benzene rings is 1. The minimum Gasteiger partial charge on any atom is -0.502 e. The number of hydrogen-bond acceptors (Lipinski definition) is 3. The van der Waals surface area contributed by atoms with Crippen LogP contribution in [0, 0.1) is 5.82 Å². The molecule has 0 fully saturated rings. The standard InChI is InChI=1S/C11H10FNOS2/c12-7-4-5-8-9(6-7)16-10(13-8)2-1-3-11(14)15/h4-6H,1-3H2,(H,14,15). The van der Waals surface area contributed by atoms with Gasteiger partial charge in [0.2, 0.25) is 0 Å². The Labute approximate surface area is 102 Å². The lowest BCUT2D eigenvalue weighted by Gasteiger charge is -1.93. The van der Waals surface area contributed by atoms with Crippen LogP contribution in [-0.4, -0.2) is 15.1 Å². The largest absolute Gasteiger partial charge is 0.502 e. The molecule has 0 aliphatic heterocycles. The van der Waals surface area contributed by atoms with Gasteiger partial charge in [-0.05, 0) is 43.3 Å². The fraction of sp³-hybridized carbons (Fsp3) is 0.273. The lowest BCUT2D eigenvalue weighted by Crippen LogP contribution is -1.92. The third kappa shape index (κ3) is 2.74. The van der Waals surface area contributed by atoms with E-state index in [0.717, 1.165) is 28.1 Å². The molecule has 1 N–H and O–H groups in total. The van der Waals surface area contributed by atoms with E-state index in [2.05, 4.69) is 17.2 Å². The van der Waals surface area contributed by atoms with E-state index < -0.39 is 0 Å². The molecule has 0 aliphatic rings. The molecule has 1 heterocycles. The van der Waals surface area contributed by atoms with Crippen LogP contribution in [0.4, 0.5) is 4.39 Å². The van der Waals surface area contributed by atoms with Crippen LogP contribution in [0.5, 0.6) is 0 Å². The Morgan fingerprint density at radius 2 is 2.31 bits per heavy atom. The molecule has 0 spiro atoms. The van der Waals surface area contributed by atoms with Gasteiger partial charge in [0, 0.05) is 6.42 Å². The predicted octanol–water partition coefficient (Wildman–Crippen LogP) is 3.64. The number of thiazole rings is 1. The monoisotopic (exact) mass is 255 g/mol. The third-order valence-corrected chi connectivity index (χ3v) is 3.46. The van der Waals surface area contributed by atoms with Crippen LogP contribution >= 0.6 is 23.6 Å². The van der Waals surface area contributed by atoms with Gasteiger partial charge in [-0.15, -0.1) is 11.3 Å². The zero-order valence-corrected chi connectivity index (χ0v) is 10.1. The van der Waals surface area contributed by atoms with Crippen molar-refractivity contribution in [3.05, 3.63) is 29.0 Å². The van der Waals surface area contributed by atoms with Crippen molar-refractivity contribution in [2.45, 2.75) is 19.3 Å². The number of nitrogens with zero attached hydrogens (tertiary/aromatic N) is 1. The number of aliphatic hydroxyl groups is 1. The molecule has 2 aromatic rings. The average Bonchev–Trinajstić information content (AvgIpc) is 2.58. The van der Waals surface area contributed by atoms with Gasteiger partial charge >= 0.3 is 0 Å². The molecule has 0 amide bonds. The van der Waals surface area contributed by atoms with Crippen molar-refractivity contribution in [3.8, 4) is 0 Å². The molecule has 0 saturated carbocycles. The molecule has 0 radical (unpaired) electrons. The topological polar surface area (TPSA) is 33.1 Å². The maximum absolute atomic E-state index is 12.9. The van der Waals surface area contributed by atoms with Crippen LogP contribution in [0.1, 0.15) is 17.8 Å². The number of aromatic nitrogens is 1. The first-order chi connectivity index (χ1) is 7.65. The minimum absolute atomic E-state index is 0.0344. The van der Waals surface area contributed by atoms with Crippen LogP contribution in [-0.2, 0) is 6.42 Å². The second-order valence-corrected chi connectivity index (χ2v) is 5.05. The summed E-state index contributed by atoms with van der Waals surface area (Å²) >= 11 is 6.07. The van der Waals surface area contributed by atoms with Crippen molar-refractivity contribution in [1.82, 2.24) is 4.98 Å². The highest BCUT2D eigenvalue weighted by atomic mass is 32.1. The summed E-state index contributed by atoms with van der Waals surface area (Å²) in [6.45, 7) is 0. The van der Waals surface area contributed by atoms with E-state index in [-0.39, 0.29) is 10.9 Å². The lowest BCUT2D eigenvalue weighted by molar-refractivity contribution is 0.543. The molecule has 0 unspecified atom stereocenters. The van der Waals surface area contributed by atoms with E-state index in [4.69, 9.17) is 5.11 Å². The first kappa shape index (κ1) is 11.4. The van der Waals surface area contributed by atoms with Crippen molar-refractivity contribution in [1.29, 1.82) is 0 Å². The molecule has 5 heteroatoms.